The van der Waals surface area contributed by atoms with Gasteiger partial charge in [-0.25, -0.2) is 0 Å². The van der Waals surface area contributed by atoms with E-state index < -0.39 is 8.32 Å². The average molecular weight is 198 g/mol. The van der Waals surface area contributed by atoms with E-state index in [0.717, 1.165) is 0 Å². The summed E-state index contributed by atoms with van der Waals surface area (Å²) in [5.74, 6) is 1.28. The van der Waals surface area contributed by atoms with Gasteiger partial charge in [0.1, 0.15) is 0 Å². The Morgan fingerprint density at radius 3 is 2.08 bits per heavy atom. The van der Waals surface area contributed by atoms with Gasteiger partial charge in [0.25, 0.3) is 0 Å². The Bertz CT molecular complexity index is 233. The third-order valence-corrected chi connectivity index (χ3v) is 3.35. The molecule has 1 aliphatic carbocycles. The average Bonchev–Trinajstić information content (AvgIpc) is 2.13. The van der Waals surface area contributed by atoms with Gasteiger partial charge in [-0.05, 0) is 45.0 Å². The zero-order chi connectivity index (χ0) is 10.3. The minimum Gasteiger partial charge on any atom is -0.547 e. The lowest BCUT2D eigenvalue weighted by Gasteiger charge is -2.29. The molecule has 0 unspecified atom stereocenters. The Morgan fingerprint density at radius 2 is 1.77 bits per heavy atom. The van der Waals surface area contributed by atoms with Crippen molar-refractivity contribution in [3.63, 3.8) is 0 Å². The predicted octanol–water partition coefficient (Wildman–Crippen LogP) is 3.93. The second-order valence-corrected chi connectivity index (χ2v) is 10.1. The zero-order valence-corrected chi connectivity index (χ0v) is 10.8. The van der Waals surface area contributed by atoms with Crippen LogP contribution in [0, 0.1) is 5.41 Å². The molecule has 0 aromatic carbocycles. The maximum atomic E-state index is 6.14. The first-order chi connectivity index (χ1) is 5.72. The summed E-state index contributed by atoms with van der Waals surface area (Å²) in [6.45, 7) is 13.5. The lowest BCUT2D eigenvalue weighted by atomic mass is 9.92. The molecule has 1 rings (SSSR count). The molecule has 0 bridgehead atoms. The Kier molecular flexibility index (Phi) is 2.63. The fourth-order valence-corrected chi connectivity index (χ4v) is 2.90. The molecule has 13 heavy (non-hydrogen) atoms. The monoisotopic (exact) mass is 198 g/mol. The van der Waals surface area contributed by atoms with Crippen LogP contribution in [0.2, 0.25) is 19.6 Å². The minimum absolute atomic E-state index is 0.282. The molecule has 0 saturated carbocycles. The van der Waals surface area contributed by atoms with Crippen molar-refractivity contribution in [1.82, 2.24) is 0 Å². The topological polar surface area (TPSA) is 9.23 Å². The van der Waals surface area contributed by atoms with Gasteiger partial charge in [-0.15, -0.1) is 0 Å². The summed E-state index contributed by atoms with van der Waals surface area (Å²) < 4.78 is 6.14. The molecule has 2 heteroatoms. The van der Waals surface area contributed by atoms with Gasteiger partial charge in [-0.1, -0.05) is 13.8 Å². The second kappa shape index (κ2) is 3.16. The maximum absolute atomic E-state index is 6.14. The van der Waals surface area contributed by atoms with E-state index in [-0.39, 0.29) is 5.41 Å². The third kappa shape index (κ3) is 2.60. The molecule has 0 aromatic rings. The second-order valence-electron chi connectivity index (χ2n) is 5.71. The highest BCUT2D eigenvalue weighted by atomic mass is 28.4. The Balaban J connectivity index is 2.83. The molecule has 76 valence electrons. The van der Waals surface area contributed by atoms with Gasteiger partial charge in [-0.2, -0.15) is 0 Å². The Hall–Kier alpha value is -0.243. The molecule has 0 amide bonds. The fraction of sp³-hybridized carbons (Fsp3) is 0.818. The van der Waals surface area contributed by atoms with Crippen molar-refractivity contribution in [1.29, 1.82) is 0 Å². The van der Waals surface area contributed by atoms with Crippen LogP contribution in [-0.2, 0) is 4.43 Å². The van der Waals surface area contributed by atoms with Crippen LogP contribution >= 0.6 is 0 Å². The summed E-state index contributed by atoms with van der Waals surface area (Å²) in [5, 5.41) is 0. The van der Waals surface area contributed by atoms with Crippen LogP contribution in [0.15, 0.2) is 11.3 Å². The maximum Gasteiger partial charge on any atom is 0.241 e. The van der Waals surface area contributed by atoms with Crippen LogP contribution in [0.25, 0.3) is 0 Å². The van der Waals surface area contributed by atoms with E-state index in [4.69, 9.17) is 4.43 Å². The molecule has 0 atom stereocenters. The summed E-state index contributed by atoms with van der Waals surface area (Å²) in [6, 6.07) is 0. The van der Waals surface area contributed by atoms with Crippen LogP contribution in [-0.4, -0.2) is 8.32 Å². The van der Waals surface area contributed by atoms with Gasteiger partial charge in [0.2, 0.25) is 8.32 Å². The summed E-state index contributed by atoms with van der Waals surface area (Å²) in [4.78, 5) is 0. The van der Waals surface area contributed by atoms with Crippen molar-refractivity contribution in [3.8, 4) is 0 Å². The molecular weight excluding hydrogens is 176 g/mol. The fourth-order valence-electron chi connectivity index (χ4n) is 1.84. The van der Waals surface area contributed by atoms with E-state index in [2.05, 4.69) is 40.4 Å². The van der Waals surface area contributed by atoms with Crippen LogP contribution < -0.4 is 0 Å². The molecule has 0 saturated heterocycles. The highest BCUT2D eigenvalue weighted by Gasteiger charge is 2.34. The summed E-state index contributed by atoms with van der Waals surface area (Å²) >= 11 is 0. The minimum atomic E-state index is -1.41. The van der Waals surface area contributed by atoms with Crippen LogP contribution in [0.1, 0.15) is 33.6 Å². The third-order valence-electron chi connectivity index (χ3n) is 2.54. The van der Waals surface area contributed by atoms with Crippen LogP contribution in [0.4, 0.5) is 0 Å². The number of rotatable bonds is 2. The lowest BCUT2D eigenvalue weighted by molar-refractivity contribution is 0.277. The first-order valence-corrected chi connectivity index (χ1v) is 8.52. The summed E-state index contributed by atoms with van der Waals surface area (Å²) in [5.41, 5.74) is 1.75. The molecule has 0 aromatic heterocycles. The molecule has 1 aliphatic rings. The van der Waals surface area contributed by atoms with Gasteiger partial charge in [-0.3, -0.25) is 0 Å². The van der Waals surface area contributed by atoms with Gasteiger partial charge in [0.15, 0.2) is 0 Å². The Labute approximate surface area is 83.3 Å². The molecule has 0 fully saturated rings. The predicted molar refractivity (Wildman–Crippen MR) is 60.1 cm³/mol. The molecule has 0 N–H and O–H groups in total. The standard InChI is InChI=1S/C11H22OSi/c1-9-7-8-11(2,3)10(9)12-13(4,5)6/h7-8H2,1-6H3. The molecule has 0 radical (unpaired) electrons. The zero-order valence-electron chi connectivity index (χ0n) is 9.82. The first kappa shape index (κ1) is 10.8. The molecule has 0 aliphatic heterocycles. The van der Waals surface area contributed by atoms with Crippen LogP contribution in [0.3, 0.4) is 0 Å². The number of hydrogen-bond donors (Lipinski definition) is 0. The normalized spacial score (nSPS) is 22.3. The van der Waals surface area contributed by atoms with E-state index in [9.17, 15) is 0 Å². The molecule has 1 nitrogen and oxygen atoms in total. The van der Waals surface area contributed by atoms with Gasteiger partial charge < -0.3 is 4.43 Å². The summed E-state index contributed by atoms with van der Waals surface area (Å²) in [6.07, 6.45) is 2.46. The summed E-state index contributed by atoms with van der Waals surface area (Å²) in [7, 11) is -1.41. The molecule has 0 heterocycles. The Morgan fingerprint density at radius 1 is 1.23 bits per heavy atom. The van der Waals surface area contributed by atoms with Gasteiger partial charge >= 0.3 is 0 Å². The lowest BCUT2D eigenvalue weighted by Crippen LogP contribution is -2.29. The quantitative estimate of drug-likeness (QED) is 0.611. The first-order valence-electron chi connectivity index (χ1n) is 5.12. The highest BCUT2D eigenvalue weighted by molar-refractivity contribution is 6.70. The van der Waals surface area contributed by atoms with Crippen molar-refractivity contribution in [2.75, 3.05) is 0 Å². The van der Waals surface area contributed by atoms with E-state index >= 15 is 0 Å². The van der Waals surface area contributed by atoms with Gasteiger partial charge in [0.05, 0.1) is 5.76 Å². The van der Waals surface area contributed by atoms with E-state index in [1.165, 1.54) is 24.2 Å². The molecular formula is C11H22OSi. The van der Waals surface area contributed by atoms with Crippen LogP contribution in [0.5, 0.6) is 0 Å². The molecule has 0 spiro atoms. The van der Waals surface area contributed by atoms with Crippen molar-refractivity contribution >= 4 is 8.32 Å². The number of allylic oxidation sites excluding steroid dienone is 2. The van der Waals surface area contributed by atoms with Crippen molar-refractivity contribution < 1.29 is 4.43 Å². The SMILES string of the molecule is CC1=C(O[Si](C)(C)C)C(C)(C)CC1. The van der Waals surface area contributed by atoms with Crippen molar-refractivity contribution in [2.24, 2.45) is 5.41 Å². The van der Waals surface area contributed by atoms with E-state index in [1.807, 2.05) is 0 Å². The van der Waals surface area contributed by atoms with E-state index in [1.54, 1.807) is 0 Å². The van der Waals surface area contributed by atoms with Gasteiger partial charge in [0, 0.05) is 5.41 Å². The van der Waals surface area contributed by atoms with Crippen molar-refractivity contribution in [2.45, 2.75) is 53.3 Å². The van der Waals surface area contributed by atoms with Crippen molar-refractivity contribution in [3.05, 3.63) is 11.3 Å². The number of hydrogen-bond acceptors (Lipinski definition) is 1. The highest BCUT2D eigenvalue weighted by Crippen LogP contribution is 2.43. The largest absolute Gasteiger partial charge is 0.547 e. The smallest absolute Gasteiger partial charge is 0.241 e. The van der Waals surface area contributed by atoms with E-state index in [0.29, 0.717) is 0 Å².